The Morgan fingerprint density at radius 1 is 1.28 bits per heavy atom. The molecule has 0 saturated carbocycles. The Labute approximate surface area is 184 Å². The lowest BCUT2D eigenvalue weighted by atomic mass is 10.2. The zero-order chi connectivity index (χ0) is 20.4. The lowest BCUT2D eigenvalue weighted by Gasteiger charge is -2.23. The van der Waals surface area contributed by atoms with E-state index >= 15 is 0 Å². The van der Waals surface area contributed by atoms with Crippen molar-refractivity contribution in [3.8, 4) is 0 Å². The molecule has 1 aliphatic carbocycles. The van der Waals surface area contributed by atoms with Gasteiger partial charge in [0.1, 0.15) is 16.5 Å². The predicted molar refractivity (Wildman–Crippen MR) is 122 cm³/mol. The molecule has 0 aliphatic heterocycles. The zero-order valence-electron chi connectivity index (χ0n) is 16.5. The molecule has 0 spiro atoms. The number of thioether (sulfide) groups is 1. The maximum atomic E-state index is 10.2. The topological polar surface area (TPSA) is 58.5 Å². The minimum absolute atomic E-state index is 0.305. The van der Waals surface area contributed by atoms with Crippen LogP contribution in [0.15, 0.2) is 29.2 Å². The summed E-state index contributed by atoms with van der Waals surface area (Å²) in [6, 6.07) is 7.82. The van der Waals surface area contributed by atoms with Crippen LogP contribution in [0.1, 0.15) is 22.7 Å². The first-order chi connectivity index (χ1) is 14.0. The second-order valence-electron chi connectivity index (χ2n) is 7.23. The van der Waals surface area contributed by atoms with E-state index < -0.39 is 6.10 Å². The smallest absolute Gasteiger partial charge is 0.142 e. The van der Waals surface area contributed by atoms with Gasteiger partial charge in [0.05, 0.1) is 23.8 Å². The van der Waals surface area contributed by atoms with Crippen molar-refractivity contribution in [1.82, 2.24) is 9.97 Å². The molecule has 0 amide bonds. The SMILES string of the molecule is COC[C@@H](O)CN(C)c1nc(CSc2ccc(Cl)cc2)nc2sc3c(c12)CCC3. The van der Waals surface area contributed by atoms with E-state index in [1.807, 2.05) is 36.2 Å². The first-order valence-corrected chi connectivity index (χ1v) is 11.8. The predicted octanol–water partition coefficient (Wildman–Crippen LogP) is 4.57. The van der Waals surface area contributed by atoms with Crippen molar-refractivity contribution in [2.75, 3.05) is 32.2 Å². The third kappa shape index (κ3) is 4.70. The maximum absolute atomic E-state index is 10.2. The van der Waals surface area contributed by atoms with Crippen LogP contribution >= 0.6 is 34.7 Å². The molecule has 0 unspecified atom stereocenters. The summed E-state index contributed by atoms with van der Waals surface area (Å²) >= 11 is 9.47. The summed E-state index contributed by atoms with van der Waals surface area (Å²) in [6.07, 6.45) is 2.84. The number of halogens is 1. The Hall–Kier alpha value is -1.38. The van der Waals surface area contributed by atoms with E-state index in [1.54, 1.807) is 30.2 Å². The summed E-state index contributed by atoms with van der Waals surface area (Å²) in [7, 11) is 3.58. The van der Waals surface area contributed by atoms with E-state index in [0.29, 0.717) is 18.9 Å². The van der Waals surface area contributed by atoms with Crippen LogP contribution in [0.2, 0.25) is 5.02 Å². The molecule has 2 aromatic heterocycles. The monoisotopic (exact) mass is 449 g/mol. The van der Waals surface area contributed by atoms with Gasteiger partial charge in [-0.2, -0.15) is 0 Å². The van der Waals surface area contributed by atoms with Gasteiger partial charge in [-0.15, -0.1) is 23.1 Å². The highest BCUT2D eigenvalue weighted by atomic mass is 35.5. The Morgan fingerprint density at radius 3 is 2.83 bits per heavy atom. The molecule has 1 N–H and O–H groups in total. The van der Waals surface area contributed by atoms with Crippen molar-refractivity contribution >= 4 is 50.7 Å². The number of methoxy groups -OCH3 is 1. The second-order valence-corrected chi connectivity index (χ2v) is 9.80. The van der Waals surface area contributed by atoms with Crippen LogP contribution in [0.25, 0.3) is 10.2 Å². The molecular weight excluding hydrogens is 426 g/mol. The Balaban J connectivity index is 1.64. The van der Waals surface area contributed by atoms with E-state index in [9.17, 15) is 5.11 Å². The van der Waals surface area contributed by atoms with Crippen LogP contribution in [0.5, 0.6) is 0 Å². The molecule has 5 nitrogen and oxygen atoms in total. The average Bonchev–Trinajstić information content (AvgIpc) is 3.28. The molecule has 1 atom stereocenters. The third-order valence-electron chi connectivity index (χ3n) is 4.98. The number of hydrogen-bond acceptors (Lipinski definition) is 7. The highest BCUT2D eigenvalue weighted by Gasteiger charge is 2.24. The standard InChI is InChI=1S/C21H24ClN3O2S2/c1-25(10-14(26)11-27-2)20-19-16-4-3-5-17(16)29-21(19)24-18(23-20)12-28-15-8-6-13(22)7-9-15/h6-9,14,26H,3-5,10-12H2,1-2H3/t14-/m0/s1. The lowest BCUT2D eigenvalue weighted by molar-refractivity contribution is 0.0694. The first-order valence-electron chi connectivity index (χ1n) is 9.63. The van der Waals surface area contributed by atoms with Gasteiger partial charge >= 0.3 is 0 Å². The highest BCUT2D eigenvalue weighted by molar-refractivity contribution is 7.98. The molecular formula is C21H24ClN3O2S2. The Bertz CT molecular complexity index is 994. The molecule has 0 fully saturated rings. The number of thiophene rings is 1. The fourth-order valence-corrected chi connectivity index (χ4v) is 5.84. The van der Waals surface area contributed by atoms with Crippen molar-refractivity contribution in [2.45, 2.75) is 36.0 Å². The van der Waals surface area contributed by atoms with Gasteiger partial charge in [-0.3, -0.25) is 0 Å². The molecule has 4 rings (SSSR count). The fraction of sp³-hybridized carbons (Fsp3) is 0.429. The molecule has 1 aliphatic rings. The van der Waals surface area contributed by atoms with Crippen LogP contribution in [0.4, 0.5) is 5.82 Å². The van der Waals surface area contributed by atoms with Crippen LogP contribution in [0.3, 0.4) is 0 Å². The van der Waals surface area contributed by atoms with Crippen LogP contribution in [-0.2, 0) is 23.3 Å². The number of fused-ring (bicyclic) bond motifs is 3. The van der Waals surface area contributed by atoms with Crippen LogP contribution in [0, 0.1) is 0 Å². The van der Waals surface area contributed by atoms with Crippen molar-refractivity contribution in [2.24, 2.45) is 0 Å². The van der Waals surface area contributed by atoms with E-state index in [-0.39, 0.29) is 0 Å². The van der Waals surface area contributed by atoms with Gasteiger partial charge in [-0.1, -0.05) is 11.6 Å². The van der Waals surface area contributed by atoms with E-state index in [0.717, 1.165) is 44.6 Å². The number of aromatic nitrogens is 2. The number of anilines is 1. The van der Waals surface area contributed by atoms with Gasteiger partial charge in [0.25, 0.3) is 0 Å². The van der Waals surface area contributed by atoms with Gasteiger partial charge < -0.3 is 14.7 Å². The summed E-state index contributed by atoms with van der Waals surface area (Å²) in [5, 5.41) is 12.1. The fourth-order valence-electron chi connectivity index (χ4n) is 3.69. The number of rotatable bonds is 8. The number of hydrogen-bond donors (Lipinski definition) is 1. The molecule has 3 aromatic rings. The van der Waals surface area contributed by atoms with Gasteiger partial charge in [0.2, 0.25) is 0 Å². The summed E-state index contributed by atoms with van der Waals surface area (Å²) in [4.78, 5) is 15.5. The molecule has 2 heterocycles. The number of aliphatic hydroxyl groups excluding tert-OH is 1. The van der Waals surface area contributed by atoms with Crippen molar-refractivity contribution in [1.29, 1.82) is 0 Å². The number of nitrogens with zero attached hydrogens (tertiary/aromatic N) is 3. The number of likely N-dealkylation sites (N-methyl/N-ethyl adjacent to an activating group) is 1. The summed E-state index contributed by atoms with van der Waals surface area (Å²) in [5.41, 5.74) is 1.39. The average molecular weight is 450 g/mol. The Kier molecular flexibility index (Phi) is 6.61. The van der Waals surface area contributed by atoms with Crippen molar-refractivity contribution in [3.05, 3.63) is 45.6 Å². The minimum atomic E-state index is -0.561. The van der Waals surface area contributed by atoms with Gasteiger partial charge in [0, 0.05) is 35.5 Å². The van der Waals surface area contributed by atoms with E-state index in [4.69, 9.17) is 26.3 Å². The summed E-state index contributed by atoms with van der Waals surface area (Å²) in [6.45, 7) is 0.772. The number of benzene rings is 1. The molecule has 1 aromatic carbocycles. The minimum Gasteiger partial charge on any atom is -0.389 e. The highest BCUT2D eigenvalue weighted by Crippen LogP contribution is 2.40. The zero-order valence-corrected chi connectivity index (χ0v) is 18.9. The molecule has 154 valence electrons. The Morgan fingerprint density at radius 2 is 2.07 bits per heavy atom. The first kappa shape index (κ1) is 20.9. The summed E-state index contributed by atoms with van der Waals surface area (Å²) in [5.74, 6) is 2.40. The summed E-state index contributed by atoms with van der Waals surface area (Å²) < 4.78 is 5.09. The number of aliphatic hydroxyl groups is 1. The van der Waals surface area contributed by atoms with Crippen LogP contribution in [-0.4, -0.2) is 48.5 Å². The molecule has 8 heteroatoms. The van der Waals surface area contributed by atoms with Crippen LogP contribution < -0.4 is 4.90 Å². The maximum Gasteiger partial charge on any atom is 0.142 e. The quantitative estimate of drug-likeness (QED) is 0.508. The van der Waals surface area contributed by atoms with Gasteiger partial charge in [-0.25, -0.2) is 9.97 Å². The van der Waals surface area contributed by atoms with E-state index in [2.05, 4.69) is 0 Å². The van der Waals surface area contributed by atoms with Gasteiger partial charge in [0.15, 0.2) is 0 Å². The molecule has 29 heavy (non-hydrogen) atoms. The number of aryl methyl sites for hydroxylation is 2. The van der Waals surface area contributed by atoms with Crippen molar-refractivity contribution < 1.29 is 9.84 Å². The third-order valence-corrected chi connectivity index (χ3v) is 7.42. The second kappa shape index (κ2) is 9.18. The normalized spacial score (nSPS) is 14.3. The number of ether oxygens (including phenoxy) is 1. The lowest BCUT2D eigenvalue weighted by Crippen LogP contribution is -2.32. The van der Waals surface area contributed by atoms with Gasteiger partial charge in [-0.05, 0) is 49.1 Å². The molecule has 0 radical (unpaired) electrons. The van der Waals surface area contributed by atoms with E-state index in [1.165, 1.54) is 16.9 Å². The molecule has 0 saturated heterocycles. The molecule has 0 bridgehead atoms. The largest absolute Gasteiger partial charge is 0.389 e. The van der Waals surface area contributed by atoms with Crippen molar-refractivity contribution in [3.63, 3.8) is 0 Å².